The molecular weight excluding hydrogens is 260 g/mol. The molecular formula is C18H28N2O. The molecule has 21 heavy (non-hydrogen) atoms. The molecule has 0 spiro atoms. The van der Waals surface area contributed by atoms with Crippen LogP contribution >= 0.6 is 0 Å². The summed E-state index contributed by atoms with van der Waals surface area (Å²) in [4.78, 5) is 12.5. The van der Waals surface area contributed by atoms with Crippen molar-refractivity contribution in [3.05, 3.63) is 35.9 Å². The maximum Gasteiger partial charge on any atom is 0.227 e. The van der Waals surface area contributed by atoms with Crippen LogP contribution in [-0.4, -0.2) is 25.5 Å². The first-order valence-electron chi connectivity index (χ1n) is 8.22. The van der Waals surface area contributed by atoms with Crippen LogP contribution in [-0.2, 0) is 4.79 Å². The Morgan fingerprint density at radius 1 is 1.33 bits per heavy atom. The molecule has 0 aromatic heterocycles. The molecule has 1 saturated heterocycles. The van der Waals surface area contributed by atoms with Crippen molar-refractivity contribution in [2.75, 3.05) is 19.6 Å². The molecule has 0 aliphatic carbocycles. The first-order valence-corrected chi connectivity index (χ1v) is 8.22. The molecule has 1 heterocycles. The van der Waals surface area contributed by atoms with Crippen molar-refractivity contribution < 1.29 is 4.79 Å². The topological polar surface area (TPSA) is 41.1 Å². The Morgan fingerprint density at radius 2 is 2.10 bits per heavy atom. The Morgan fingerprint density at radius 3 is 2.71 bits per heavy atom. The van der Waals surface area contributed by atoms with Gasteiger partial charge < -0.3 is 10.6 Å². The second kappa shape index (κ2) is 8.18. The summed E-state index contributed by atoms with van der Waals surface area (Å²) in [5.41, 5.74) is 1.12. The van der Waals surface area contributed by atoms with Crippen molar-refractivity contribution in [2.45, 2.75) is 39.0 Å². The van der Waals surface area contributed by atoms with Crippen LogP contribution in [0.4, 0.5) is 0 Å². The number of hydrogen-bond acceptors (Lipinski definition) is 2. The number of benzene rings is 1. The van der Waals surface area contributed by atoms with Crippen molar-refractivity contribution in [1.29, 1.82) is 0 Å². The number of hydrogen-bond donors (Lipinski definition) is 2. The van der Waals surface area contributed by atoms with Crippen LogP contribution < -0.4 is 10.6 Å². The molecule has 2 rings (SSSR count). The van der Waals surface area contributed by atoms with E-state index >= 15 is 0 Å². The van der Waals surface area contributed by atoms with Crippen molar-refractivity contribution in [2.24, 2.45) is 11.8 Å². The van der Waals surface area contributed by atoms with Crippen LogP contribution in [0.15, 0.2) is 30.3 Å². The molecule has 1 aromatic rings. The predicted molar refractivity (Wildman–Crippen MR) is 87.2 cm³/mol. The number of piperidine rings is 1. The highest BCUT2D eigenvalue weighted by atomic mass is 16.1. The van der Waals surface area contributed by atoms with Crippen LogP contribution in [0.25, 0.3) is 0 Å². The summed E-state index contributed by atoms with van der Waals surface area (Å²) in [6.07, 6.45) is 3.63. The second-order valence-electron chi connectivity index (χ2n) is 6.42. The van der Waals surface area contributed by atoms with Crippen LogP contribution in [0, 0.1) is 11.8 Å². The largest absolute Gasteiger partial charge is 0.356 e. The maximum atomic E-state index is 12.5. The lowest BCUT2D eigenvalue weighted by Crippen LogP contribution is -2.36. The highest BCUT2D eigenvalue weighted by molar-refractivity contribution is 5.83. The Labute approximate surface area is 128 Å². The zero-order valence-corrected chi connectivity index (χ0v) is 13.3. The minimum absolute atomic E-state index is 0.0457. The van der Waals surface area contributed by atoms with Crippen molar-refractivity contribution in [3.8, 4) is 0 Å². The lowest BCUT2D eigenvalue weighted by atomic mass is 9.87. The summed E-state index contributed by atoms with van der Waals surface area (Å²) in [6.45, 7) is 7.26. The van der Waals surface area contributed by atoms with E-state index in [0.29, 0.717) is 11.8 Å². The summed E-state index contributed by atoms with van der Waals surface area (Å²) in [6, 6.07) is 10.1. The average Bonchev–Trinajstić information content (AvgIpc) is 2.49. The minimum atomic E-state index is -0.0457. The van der Waals surface area contributed by atoms with E-state index < -0.39 is 0 Å². The van der Waals surface area contributed by atoms with Gasteiger partial charge in [-0.25, -0.2) is 0 Å². The SMILES string of the molecule is CC(C)C(C(=O)NCCC1CCCNC1)c1ccccc1. The molecule has 1 aromatic carbocycles. The van der Waals surface area contributed by atoms with Crippen LogP contribution in [0.1, 0.15) is 44.6 Å². The average molecular weight is 288 g/mol. The minimum Gasteiger partial charge on any atom is -0.356 e. The monoisotopic (exact) mass is 288 g/mol. The van der Waals surface area contributed by atoms with E-state index in [-0.39, 0.29) is 11.8 Å². The predicted octanol–water partition coefficient (Wildman–Crippen LogP) is 2.93. The highest BCUT2D eigenvalue weighted by Crippen LogP contribution is 2.24. The molecule has 116 valence electrons. The molecule has 0 bridgehead atoms. The fourth-order valence-corrected chi connectivity index (χ4v) is 3.18. The fourth-order valence-electron chi connectivity index (χ4n) is 3.18. The van der Waals surface area contributed by atoms with E-state index in [1.807, 2.05) is 18.2 Å². The highest BCUT2D eigenvalue weighted by Gasteiger charge is 2.23. The normalized spacial score (nSPS) is 20.2. The number of rotatable bonds is 6. The summed E-state index contributed by atoms with van der Waals surface area (Å²) in [5.74, 6) is 1.15. The van der Waals surface area contributed by atoms with Crippen molar-refractivity contribution in [1.82, 2.24) is 10.6 Å². The molecule has 0 radical (unpaired) electrons. The van der Waals surface area contributed by atoms with Gasteiger partial charge in [0.25, 0.3) is 0 Å². The summed E-state index contributed by atoms with van der Waals surface area (Å²) >= 11 is 0. The van der Waals surface area contributed by atoms with Gasteiger partial charge in [-0.1, -0.05) is 44.2 Å². The van der Waals surface area contributed by atoms with E-state index in [1.54, 1.807) is 0 Å². The number of amides is 1. The van der Waals surface area contributed by atoms with Gasteiger partial charge in [-0.3, -0.25) is 4.79 Å². The summed E-state index contributed by atoms with van der Waals surface area (Å²) < 4.78 is 0. The van der Waals surface area contributed by atoms with E-state index in [4.69, 9.17) is 0 Å². The molecule has 2 unspecified atom stereocenters. The number of carbonyl (C=O) groups excluding carboxylic acids is 1. The fraction of sp³-hybridized carbons (Fsp3) is 0.611. The standard InChI is InChI=1S/C18H28N2O/c1-14(2)17(16-8-4-3-5-9-16)18(21)20-12-10-15-7-6-11-19-13-15/h3-5,8-9,14-15,17,19H,6-7,10-13H2,1-2H3,(H,20,21). The quantitative estimate of drug-likeness (QED) is 0.845. The Bertz CT molecular complexity index is 424. The van der Waals surface area contributed by atoms with Gasteiger partial charge in [0.2, 0.25) is 5.91 Å². The van der Waals surface area contributed by atoms with Gasteiger partial charge in [-0.2, -0.15) is 0 Å². The summed E-state index contributed by atoms with van der Waals surface area (Å²) in [7, 11) is 0. The van der Waals surface area contributed by atoms with E-state index in [2.05, 4.69) is 36.6 Å². The van der Waals surface area contributed by atoms with Crippen LogP contribution in [0.3, 0.4) is 0 Å². The maximum absolute atomic E-state index is 12.5. The first kappa shape index (κ1) is 16.0. The zero-order valence-electron chi connectivity index (χ0n) is 13.3. The van der Waals surface area contributed by atoms with E-state index in [0.717, 1.165) is 31.6 Å². The Balaban J connectivity index is 1.84. The van der Waals surface area contributed by atoms with Crippen molar-refractivity contribution in [3.63, 3.8) is 0 Å². The molecule has 1 aliphatic heterocycles. The lowest BCUT2D eigenvalue weighted by molar-refractivity contribution is -0.123. The first-order chi connectivity index (χ1) is 10.2. The molecule has 3 nitrogen and oxygen atoms in total. The van der Waals surface area contributed by atoms with E-state index in [1.165, 1.54) is 12.8 Å². The van der Waals surface area contributed by atoms with Gasteiger partial charge in [0.05, 0.1) is 5.92 Å². The van der Waals surface area contributed by atoms with E-state index in [9.17, 15) is 4.79 Å². The van der Waals surface area contributed by atoms with Crippen LogP contribution in [0.5, 0.6) is 0 Å². The third kappa shape index (κ3) is 4.85. The number of carbonyl (C=O) groups is 1. The molecule has 1 aliphatic rings. The van der Waals surface area contributed by atoms with Gasteiger partial charge in [0.1, 0.15) is 0 Å². The Hall–Kier alpha value is -1.35. The molecule has 1 amide bonds. The third-order valence-corrected chi connectivity index (χ3v) is 4.36. The van der Waals surface area contributed by atoms with Gasteiger partial charge in [-0.05, 0) is 49.8 Å². The summed E-state index contributed by atoms with van der Waals surface area (Å²) in [5, 5.41) is 6.57. The smallest absolute Gasteiger partial charge is 0.227 e. The van der Waals surface area contributed by atoms with Crippen LogP contribution in [0.2, 0.25) is 0 Å². The zero-order chi connectivity index (χ0) is 15.1. The third-order valence-electron chi connectivity index (χ3n) is 4.36. The number of nitrogens with one attached hydrogen (secondary N) is 2. The molecule has 0 saturated carbocycles. The second-order valence-corrected chi connectivity index (χ2v) is 6.42. The van der Waals surface area contributed by atoms with Gasteiger partial charge >= 0.3 is 0 Å². The molecule has 2 N–H and O–H groups in total. The molecule has 1 fully saturated rings. The lowest BCUT2D eigenvalue weighted by Gasteiger charge is -2.24. The van der Waals surface area contributed by atoms with Crippen molar-refractivity contribution >= 4 is 5.91 Å². The molecule has 2 atom stereocenters. The van der Waals surface area contributed by atoms with Gasteiger partial charge in [0, 0.05) is 6.54 Å². The van der Waals surface area contributed by atoms with Gasteiger partial charge in [-0.15, -0.1) is 0 Å². The Kier molecular flexibility index (Phi) is 6.24. The molecule has 3 heteroatoms. The van der Waals surface area contributed by atoms with Gasteiger partial charge in [0.15, 0.2) is 0 Å².